The molecule has 3 aromatic heterocycles. The Labute approximate surface area is 181 Å². The molecular formula is C23H19N7O2. The highest BCUT2D eigenvalue weighted by Gasteiger charge is 2.26. The number of H-pyrrole nitrogens is 1. The summed E-state index contributed by atoms with van der Waals surface area (Å²) >= 11 is 0. The van der Waals surface area contributed by atoms with Crippen molar-refractivity contribution in [1.29, 1.82) is 0 Å². The maximum Gasteiger partial charge on any atom is 0.259 e. The van der Waals surface area contributed by atoms with Crippen molar-refractivity contribution in [3.8, 4) is 0 Å². The molecule has 1 amide bonds. The van der Waals surface area contributed by atoms with E-state index in [2.05, 4.69) is 25.2 Å². The maximum atomic E-state index is 13.3. The molecule has 1 saturated heterocycles. The van der Waals surface area contributed by atoms with Crippen LogP contribution in [0.25, 0.3) is 27.3 Å². The summed E-state index contributed by atoms with van der Waals surface area (Å²) < 4.78 is 1.62. The molecule has 9 heteroatoms. The molecule has 1 aliphatic heterocycles. The summed E-state index contributed by atoms with van der Waals surface area (Å²) in [5, 5.41) is 15.5. The van der Waals surface area contributed by atoms with Gasteiger partial charge in [-0.1, -0.05) is 36.4 Å². The molecular weight excluding hydrogens is 406 g/mol. The second-order valence-electron chi connectivity index (χ2n) is 7.82. The Kier molecular flexibility index (Phi) is 4.14. The zero-order chi connectivity index (χ0) is 21.7. The number of hydrogen-bond donors (Lipinski definition) is 1. The number of hydrogen-bond acceptors (Lipinski definition) is 6. The van der Waals surface area contributed by atoms with Crippen LogP contribution >= 0.6 is 0 Å². The Morgan fingerprint density at radius 3 is 2.50 bits per heavy atom. The predicted molar refractivity (Wildman–Crippen MR) is 121 cm³/mol. The van der Waals surface area contributed by atoms with Gasteiger partial charge in [0, 0.05) is 37.0 Å². The van der Waals surface area contributed by atoms with E-state index in [1.807, 2.05) is 36.4 Å². The molecule has 0 radical (unpaired) electrons. The molecule has 9 nitrogen and oxygen atoms in total. The van der Waals surface area contributed by atoms with Crippen molar-refractivity contribution in [2.75, 3.05) is 31.1 Å². The lowest BCUT2D eigenvalue weighted by molar-refractivity contribution is 0.0748. The number of rotatable bonds is 2. The van der Waals surface area contributed by atoms with Crippen LogP contribution in [0.15, 0.2) is 65.7 Å². The lowest BCUT2D eigenvalue weighted by Gasteiger charge is -2.35. The number of aromatic nitrogens is 5. The molecule has 0 atom stereocenters. The minimum absolute atomic E-state index is 0.144. The molecule has 0 saturated carbocycles. The second kappa shape index (κ2) is 7.16. The lowest BCUT2D eigenvalue weighted by atomic mass is 10.1. The summed E-state index contributed by atoms with van der Waals surface area (Å²) in [6, 6.07) is 15.2. The van der Waals surface area contributed by atoms with Crippen molar-refractivity contribution >= 4 is 39.0 Å². The van der Waals surface area contributed by atoms with Crippen LogP contribution in [0.4, 0.5) is 5.82 Å². The molecule has 0 bridgehead atoms. The van der Waals surface area contributed by atoms with Crippen molar-refractivity contribution in [1.82, 2.24) is 29.7 Å². The smallest absolute Gasteiger partial charge is 0.259 e. The third kappa shape index (κ3) is 2.82. The molecule has 32 heavy (non-hydrogen) atoms. The van der Waals surface area contributed by atoms with E-state index in [4.69, 9.17) is 0 Å². The van der Waals surface area contributed by atoms with Crippen molar-refractivity contribution in [2.24, 2.45) is 0 Å². The van der Waals surface area contributed by atoms with Gasteiger partial charge in [-0.25, -0.2) is 4.52 Å². The number of carbonyl (C=O) groups excluding carboxylic acids is 1. The van der Waals surface area contributed by atoms with Gasteiger partial charge in [0.2, 0.25) is 0 Å². The molecule has 0 aliphatic carbocycles. The summed E-state index contributed by atoms with van der Waals surface area (Å²) in [5.41, 5.74) is 1.25. The van der Waals surface area contributed by atoms with Gasteiger partial charge in [0.25, 0.3) is 11.5 Å². The van der Waals surface area contributed by atoms with Gasteiger partial charge in [0.1, 0.15) is 11.2 Å². The first-order valence-electron chi connectivity index (χ1n) is 10.4. The SMILES string of the molecule is O=C(c1cnn2c1[nH]c(=O)c1ccccc12)N1CCN(c2nncc3ccccc23)CC1. The van der Waals surface area contributed by atoms with E-state index in [9.17, 15) is 9.59 Å². The average molecular weight is 425 g/mol. The van der Waals surface area contributed by atoms with Gasteiger partial charge in [-0.2, -0.15) is 10.2 Å². The highest BCUT2D eigenvalue weighted by molar-refractivity contribution is 6.01. The highest BCUT2D eigenvalue weighted by Crippen LogP contribution is 2.24. The Morgan fingerprint density at radius 1 is 0.906 bits per heavy atom. The maximum absolute atomic E-state index is 13.3. The minimum Gasteiger partial charge on any atom is -0.351 e. The number of piperazine rings is 1. The molecule has 5 aromatic rings. The quantitative estimate of drug-likeness (QED) is 0.465. The number of nitrogens with one attached hydrogen (secondary N) is 1. The lowest BCUT2D eigenvalue weighted by Crippen LogP contribution is -2.49. The normalized spacial score (nSPS) is 14.5. The van der Waals surface area contributed by atoms with E-state index < -0.39 is 0 Å². The first kappa shape index (κ1) is 18.5. The van der Waals surface area contributed by atoms with E-state index in [0.717, 1.165) is 16.6 Å². The Bertz CT molecular complexity index is 1540. The van der Waals surface area contributed by atoms with Crippen LogP contribution in [0, 0.1) is 0 Å². The van der Waals surface area contributed by atoms with Crippen LogP contribution in [-0.2, 0) is 0 Å². The van der Waals surface area contributed by atoms with E-state index in [1.165, 1.54) is 6.20 Å². The van der Waals surface area contributed by atoms with Gasteiger partial charge in [-0.05, 0) is 12.1 Å². The largest absolute Gasteiger partial charge is 0.351 e. The molecule has 4 heterocycles. The van der Waals surface area contributed by atoms with E-state index in [0.29, 0.717) is 48.3 Å². The number of benzene rings is 2. The molecule has 1 N–H and O–H groups in total. The fourth-order valence-corrected chi connectivity index (χ4v) is 4.37. The first-order chi connectivity index (χ1) is 15.7. The molecule has 1 fully saturated rings. The number of nitrogens with zero attached hydrogens (tertiary/aromatic N) is 6. The van der Waals surface area contributed by atoms with Gasteiger partial charge >= 0.3 is 0 Å². The summed E-state index contributed by atoms with van der Waals surface area (Å²) in [7, 11) is 0. The number of anilines is 1. The summed E-state index contributed by atoms with van der Waals surface area (Å²) in [6.45, 7) is 2.37. The van der Waals surface area contributed by atoms with Gasteiger partial charge in [0.15, 0.2) is 5.82 Å². The Hall–Kier alpha value is -4.27. The van der Waals surface area contributed by atoms with Crippen LogP contribution in [0.2, 0.25) is 0 Å². The molecule has 0 unspecified atom stereocenters. The zero-order valence-corrected chi connectivity index (χ0v) is 17.1. The summed E-state index contributed by atoms with van der Waals surface area (Å²) in [6.07, 6.45) is 3.29. The zero-order valence-electron chi connectivity index (χ0n) is 17.1. The number of aromatic amines is 1. The van der Waals surface area contributed by atoms with Gasteiger partial charge in [-0.15, -0.1) is 5.10 Å². The first-order valence-corrected chi connectivity index (χ1v) is 10.4. The molecule has 2 aromatic carbocycles. The van der Waals surface area contributed by atoms with E-state index in [1.54, 1.807) is 27.7 Å². The Morgan fingerprint density at radius 2 is 1.66 bits per heavy atom. The third-order valence-electron chi connectivity index (χ3n) is 6.03. The van der Waals surface area contributed by atoms with Crippen LogP contribution in [0.3, 0.4) is 0 Å². The third-order valence-corrected chi connectivity index (χ3v) is 6.03. The van der Waals surface area contributed by atoms with Crippen LogP contribution < -0.4 is 10.5 Å². The van der Waals surface area contributed by atoms with Crippen molar-refractivity contribution in [3.63, 3.8) is 0 Å². The van der Waals surface area contributed by atoms with Crippen molar-refractivity contribution in [3.05, 3.63) is 76.8 Å². The fraction of sp³-hybridized carbons (Fsp3) is 0.174. The second-order valence-corrected chi connectivity index (χ2v) is 7.82. The van der Waals surface area contributed by atoms with Gasteiger partial charge < -0.3 is 14.8 Å². The predicted octanol–water partition coefficient (Wildman–Crippen LogP) is 2.08. The van der Waals surface area contributed by atoms with E-state index in [-0.39, 0.29) is 11.5 Å². The summed E-state index contributed by atoms with van der Waals surface area (Å²) in [4.78, 5) is 32.6. The number of para-hydroxylation sites is 1. The molecule has 6 rings (SSSR count). The van der Waals surface area contributed by atoms with E-state index >= 15 is 0 Å². The summed E-state index contributed by atoms with van der Waals surface area (Å²) in [5.74, 6) is 0.691. The Balaban J connectivity index is 1.28. The topological polar surface area (TPSA) is 99.5 Å². The number of fused-ring (bicyclic) bond motifs is 4. The van der Waals surface area contributed by atoms with Crippen molar-refractivity contribution in [2.45, 2.75) is 0 Å². The standard InChI is InChI=1S/C23H19N7O2/c31-22-17-7-3-4-8-19(17)30-20(26-22)18(14-25-30)23(32)29-11-9-28(10-12-29)21-16-6-2-1-5-15(16)13-24-27-21/h1-8,13-14H,9-12H2,(H,26,31). The van der Waals surface area contributed by atoms with Crippen LogP contribution in [0.1, 0.15) is 10.4 Å². The number of carbonyl (C=O) groups is 1. The monoisotopic (exact) mass is 425 g/mol. The van der Waals surface area contributed by atoms with Crippen molar-refractivity contribution < 1.29 is 4.79 Å². The van der Waals surface area contributed by atoms with Gasteiger partial charge in [-0.3, -0.25) is 9.59 Å². The molecule has 158 valence electrons. The molecule has 0 spiro atoms. The average Bonchev–Trinajstić information content (AvgIpc) is 3.27. The minimum atomic E-state index is -0.234. The van der Waals surface area contributed by atoms with Gasteiger partial charge in [0.05, 0.1) is 23.3 Å². The number of amides is 1. The fourth-order valence-electron chi connectivity index (χ4n) is 4.37. The van der Waals surface area contributed by atoms with Crippen LogP contribution in [-0.4, -0.2) is 61.8 Å². The molecule has 1 aliphatic rings. The highest BCUT2D eigenvalue weighted by atomic mass is 16.2. The van der Waals surface area contributed by atoms with Crippen LogP contribution in [0.5, 0.6) is 0 Å².